The van der Waals surface area contributed by atoms with Crippen molar-refractivity contribution in [1.82, 2.24) is 19.6 Å². The van der Waals surface area contributed by atoms with Crippen LogP contribution in [-0.2, 0) is 18.3 Å². The minimum Gasteiger partial charge on any atom is -0.339 e. The summed E-state index contributed by atoms with van der Waals surface area (Å²) in [6.07, 6.45) is 12.0. The molecule has 0 saturated carbocycles. The fourth-order valence-corrected chi connectivity index (χ4v) is 4.69. The van der Waals surface area contributed by atoms with Crippen LogP contribution >= 0.6 is 0 Å². The van der Waals surface area contributed by atoms with Crippen molar-refractivity contribution in [1.29, 1.82) is 0 Å². The second-order valence-corrected chi connectivity index (χ2v) is 8.41. The first-order valence-corrected chi connectivity index (χ1v) is 10.3. The summed E-state index contributed by atoms with van der Waals surface area (Å²) < 4.78 is 1.75. The molecule has 2 aromatic rings. The Hall–Kier alpha value is -2.40. The Balaban J connectivity index is 1.31. The molecule has 2 saturated heterocycles. The number of piperidine rings is 1. The molecule has 1 amide bonds. The zero-order chi connectivity index (χ0) is 19.4. The largest absolute Gasteiger partial charge is 0.339 e. The predicted molar refractivity (Wildman–Crippen MR) is 112 cm³/mol. The molecule has 2 fully saturated rings. The molecule has 1 aromatic heterocycles. The van der Waals surface area contributed by atoms with Crippen LogP contribution in [0.2, 0.25) is 0 Å². The van der Waals surface area contributed by atoms with Crippen LogP contribution in [0.25, 0.3) is 6.08 Å². The van der Waals surface area contributed by atoms with Gasteiger partial charge >= 0.3 is 0 Å². The third kappa shape index (κ3) is 4.53. The van der Waals surface area contributed by atoms with Gasteiger partial charge in [0.2, 0.25) is 5.91 Å². The van der Waals surface area contributed by atoms with Crippen LogP contribution in [0.5, 0.6) is 0 Å². The average molecular weight is 379 g/mol. The van der Waals surface area contributed by atoms with Crippen molar-refractivity contribution in [2.45, 2.75) is 25.7 Å². The molecule has 0 aliphatic carbocycles. The Labute approximate surface area is 167 Å². The standard InChI is InChI=1S/C23H30N4O/c1-25-17-21(16-24-25)8-9-22(28)27-15-12-23(19-27)11-5-13-26(18-23)14-10-20-6-3-2-4-7-20/h2-4,6-9,16-17H,5,10-15,18-19H2,1H3/b9-8+/t23-/m1/s1. The van der Waals surface area contributed by atoms with E-state index in [1.165, 1.54) is 24.9 Å². The van der Waals surface area contributed by atoms with Crippen LogP contribution in [0, 0.1) is 5.41 Å². The maximum Gasteiger partial charge on any atom is 0.246 e. The molecular weight excluding hydrogens is 348 g/mol. The van der Waals surface area contributed by atoms with Crippen LogP contribution in [-0.4, -0.2) is 58.2 Å². The van der Waals surface area contributed by atoms with Gasteiger partial charge in [0.15, 0.2) is 0 Å². The molecule has 2 aliphatic rings. The van der Waals surface area contributed by atoms with Crippen molar-refractivity contribution >= 4 is 12.0 Å². The number of nitrogens with zero attached hydrogens (tertiary/aromatic N) is 4. The highest BCUT2D eigenvalue weighted by Crippen LogP contribution is 2.39. The first-order chi connectivity index (χ1) is 13.6. The second kappa shape index (κ2) is 8.31. The molecule has 5 nitrogen and oxygen atoms in total. The zero-order valence-electron chi connectivity index (χ0n) is 16.8. The van der Waals surface area contributed by atoms with Crippen LogP contribution in [0.4, 0.5) is 0 Å². The van der Waals surface area contributed by atoms with Crippen molar-refractivity contribution in [3.05, 3.63) is 59.9 Å². The van der Waals surface area contributed by atoms with E-state index >= 15 is 0 Å². The number of aryl methyl sites for hydroxylation is 1. The quantitative estimate of drug-likeness (QED) is 0.751. The van der Waals surface area contributed by atoms with Crippen LogP contribution in [0.3, 0.4) is 0 Å². The molecular formula is C23H30N4O. The molecule has 28 heavy (non-hydrogen) atoms. The molecule has 1 atom stereocenters. The molecule has 5 heteroatoms. The summed E-state index contributed by atoms with van der Waals surface area (Å²) in [4.78, 5) is 17.3. The molecule has 2 aliphatic heterocycles. The lowest BCUT2D eigenvalue weighted by atomic mass is 9.79. The van der Waals surface area contributed by atoms with E-state index in [1.54, 1.807) is 17.0 Å². The first kappa shape index (κ1) is 18.9. The van der Waals surface area contributed by atoms with Gasteiger partial charge in [0.25, 0.3) is 0 Å². The van der Waals surface area contributed by atoms with Crippen molar-refractivity contribution in [2.75, 3.05) is 32.7 Å². The molecule has 0 bridgehead atoms. The first-order valence-electron chi connectivity index (χ1n) is 10.3. The van der Waals surface area contributed by atoms with E-state index < -0.39 is 0 Å². The van der Waals surface area contributed by atoms with Gasteiger partial charge in [-0.2, -0.15) is 5.10 Å². The van der Waals surface area contributed by atoms with Crippen molar-refractivity contribution < 1.29 is 4.79 Å². The highest BCUT2D eigenvalue weighted by atomic mass is 16.2. The summed E-state index contributed by atoms with van der Waals surface area (Å²) in [5.74, 6) is 0.127. The lowest BCUT2D eigenvalue weighted by molar-refractivity contribution is -0.125. The summed E-state index contributed by atoms with van der Waals surface area (Å²) >= 11 is 0. The number of benzene rings is 1. The number of carbonyl (C=O) groups is 1. The third-order valence-corrected chi connectivity index (χ3v) is 6.19. The lowest BCUT2D eigenvalue weighted by Gasteiger charge is -2.40. The minimum atomic E-state index is 0.127. The van der Waals surface area contributed by atoms with Crippen LogP contribution in [0.1, 0.15) is 30.4 Å². The van der Waals surface area contributed by atoms with Gasteiger partial charge in [-0.1, -0.05) is 30.3 Å². The number of hydrogen-bond donors (Lipinski definition) is 0. The van der Waals surface area contributed by atoms with Crippen molar-refractivity contribution in [3.8, 4) is 0 Å². The third-order valence-electron chi connectivity index (χ3n) is 6.19. The maximum atomic E-state index is 12.6. The Kier molecular flexibility index (Phi) is 5.62. The Morgan fingerprint density at radius 3 is 2.82 bits per heavy atom. The van der Waals surface area contributed by atoms with E-state index in [4.69, 9.17) is 0 Å². The summed E-state index contributed by atoms with van der Waals surface area (Å²) in [6.45, 7) is 5.19. The van der Waals surface area contributed by atoms with Crippen molar-refractivity contribution in [2.24, 2.45) is 12.5 Å². The van der Waals surface area contributed by atoms with Gasteiger partial charge in [-0.05, 0) is 43.9 Å². The number of amides is 1. The van der Waals surface area contributed by atoms with Gasteiger partial charge in [-0.25, -0.2) is 0 Å². The normalized spacial score (nSPS) is 23.1. The summed E-state index contributed by atoms with van der Waals surface area (Å²) in [5.41, 5.74) is 2.66. The Bertz CT molecular complexity index is 828. The van der Waals surface area contributed by atoms with E-state index in [1.807, 2.05) is 24.2 Å². The van der Waals surface area contributed by atoms with Gasteiger partial charge in [0, 0.05) is 56.5 Å². The predicted octanol–water partition coefficient (Wildman–Crippen LogP) is 2.99. The van der Waals surface area contributed by atoms with Gasteiger partial charge in [0.1, 0.15) is 0 Å². The van der Waals surface area contributed by atoms with Crippen molar-refractivity contribution in [3.63, 3.8) is 0 Å². The molecule has 4 rings (SSSR count). The zero-order valence-corrected chi connectivity index (χ0v) is 16.8. The number of aromatic nitrogens is 2. The Morgan fingerprint density at radius 2 is 2.04 bits per heavy atom. The summed E-state index contributed by atoms with van der Waals surface area (Å²) in [7, 11) is 1.88. The van der Waals surface area contributed by atoms with Crippen LogP contribution in [0.15, 0.2) is 48.8 Å². The number of hydrogen-bond acceptors (Lipinski definition) is 3. The SMILES string of the molecule is Cn1cc(/C=C/C(=O)N2CC[C@@]3(CCCN(CCc4ccccc4)C3)C2)cn1. The van der Waals surface area contributed by atoms with E-state index in [-0.39, 0.29) is 11.3 Å². The van der Waals surface area contributed by atoms with E-state index in [0.717, 1.165) is 44.6 Å². The fourth-order valence-electron chi connectivity index (χ4n) is 4.69. The monoisotopic (exact) mass is 378 g/mol. The smallest absolute Gasteiger partial charge is 0.246 e. The van der Waals surface area contributed by atoms with E-state index in [0.29, 0.717) is 0 Å². The fraction of sp³-hybridized carbons (Fsp3) is 0.478. The summed E-state index contributed by atoms with van der Waals surface area (Å²) in [5, 5.41) is 4.14. The molecule has 1 aromatic carbocycles. The molecule has 0 N–H and O–H groups in total. The molecule has 148 valence electrons. The van der Waals surface area contributed by atoms with Crippen LogP contribution < -0.4 is 0 Å². The van der Waals surface area contributed by atoms with Gasteiger partial charge < -0.3 is 9.80 Å². The summed E-state index contributed by atoms with van der Waals surface area (Å²) in [6, 6.07) is 10.7. The average Bonchev–Trinajstić information content (AvgIpc) is 3.32. The van der Waals surface area contributed by atoms with Gasteiger partial charge in [-0.15, -0.1) is 0 Å². The Morgan fingerprint density at radius 1 is 1.18 bits per heavy atom. The lowest BCUT2D eigenvalue weighted by Crippen LogP contribution is -2.45. The van der Waals surface area contributed by atoms with Gasteiger partial charge in [-0.3, -0.25) is 9.48 Å². The highest BCUT2D eigenvalue weighted by molar-refractivity contribution is 5.91. The molecule has 0 unspecified atom stereocenters. The number of carbonyl (C=O) groups excluding carboxylic acids is 1. The maximum absolute atomic E-state index is 12.6. The minimum absolute atomic E-state index is 0.127. The molecule has 0 radical (unpaired) electrons. The topological polar surface area (TPSA) is 41.4 Å². The van der Waals surface area contributed by atoms with E-state index in [2.05, 4.69) is 40.3 Å². The molecule has 1 spiro atoms. The number of rotatable bonds is 5. The van der Waals surface area contributed by atoms with E-state index in [9.17, 15) is 4.79 Å². The van der Waals surface area contributed by atoms with Gasteiger partial charge in [0.05, 0.1) is 6.20 Å². The highest BCUT2D eigenvalue weighted by Gasteiger charge is 2.42. The second-order valence-electron chi connectivity index (χ2n) is 8.41. The molecule has 3 heterocycles. The number of likely N-dealkylation sites (tertiary alicyclic amines) is 2.